The lowest BCUT2D eigenvalue weighted by atomic mass is 9.80. The maximum absolute atomic E-state index is 13.5. The molecule has 8 heteroatoms. The van der Waals surface area contributed by atoms with Gasteiger partial charge in [-0.2, -0.15) is 0 Å². The van der Waals surface area contributed by atoms with E-state index in [1.807, 2.05) is 32.0 Å². The number of amides is 1. The third-order valence-electron chi connectivity index (χ3n) is 6.48. The van der Waals surface area contributed by atoms with Gasteiger partial charge in [-0.25, -0.2) is 9.59 Å². The van der Waals surface area contributed by atoms with Crippen LogP contribution in [0.25, 0.3) is 5.76 Å². The van der Waals surface area contributed by atoms with Gasteiger partial charge < -0.3 is 18.9 Å². The number of fused-ring (bicyclic) bond motifs is 2. The number of nitrogens with zero attached hydrogens (tertiary/aromatic N) is 1. The number of likely N-dealkylation sites (tertiary alicyclic amines) is 1. The summed E-state index contributed by atoms with van der Waals surface area (Å²) in [6.45, 7) is 11.1. The highest BCUT2D eigenvalue weighted by molar-refractivity contribution is 5.83. The first kappa shape index (κ1) is 25.1. The van der Waals surface area contributed by atoms with Gasteiger partial charge in [0.1, 0.15) is 23.0 Å². The van der Waals surface area contributed by atoms with Crippen LogP contribution in [0.1, 0.15) is 84.8 Å². The molecule has 190 valence electrons. The van der Waals surface area contributed by atoms with E-state index in [9.17, 15) is 14.4 Å². The molecule has 0 radical (unpaired) electrons. The molecule has 0 spiro atoms. The second-order valence-corrected chi connectivity index (χ2v) is 11.1. The molecular formula is C27H35NO7. The monoisotopic (exact) mass is 485 g/mol. The van der Waals surface area contributed by atoms with Crippen molar-refractivity contribution < 1.29 is 33.3 Å². The Morgan fingerprint density at radius 3 is 2.51 bits per heavy atom. The van der Waals surface area contributed by atoms with Gasteiger partial charge in [0.25, 0.3) is 5.79 Å². The third-order valence-corrected chi connectivity index (χ3v) is 6.48. The molecule has 4 rings (SSSR count). The molecule has 2 atom stereocenters. The lowest BCUT2D eigenvalue weighted by Crippen LogP contribution is -2.48. The fourth-order valence-electron chi connectivity index (χ4n) is 4.98. The molecule has 3 aliphatic rings. The molecule has 0 saturated carbocycles. The summed E-state index contributed by atoms with van der Waals surface area (Å²) in [4.78, 5) is 40.0. The SMILES string of the molecule is CC(=O)OC1(OC(=O)[C@@H]2CCCN2C(=O)OC(C)(C)C)CC2=C(OC(C)(C)CC2)c2ccccc21. The normalized spacial score (nSPS) is 25.2. The number of carbonyl (C=O) groups excluding carboxylic acids is 3. The average molecular weight is 486 g/mol. The van der Waals surface area contributed by atoms with Crippen molar-refractivity contribution in [1.82, 2.24) is 4.90 Å². The van der Waals surface area contributed by atoms with E-state index in [1.165, 1.54) is 11.8 Å². The number of benzene rings is 1. The lowest BCUT2D eigenvalue weighted by Gasteiger charge is -2.43. The van der Waals surface area contributed by atoms with Gasteiger partial charge in [0.05, 0.1) is 6.42 Å². The Labute approximate surface area is 206 Å². The highest BCUT2D eigenvalue weighted by Gasteiger charge is 2.51. The van der Waals surface area contributed by atoms with E-state index in [-0.39, 0.29) is 12.0 Å². The first-order chi connectivity index (χ1) is 16.3. The van der Waals surface area contributed by atoms with Crippen LogP contribution in [0, 0.1) is 0 Å². The molecule has 2 heterocycles. The molecule has 0 aromatic heterocycles. The van der Waals surface area contributed by atoms with Crippen LogP contribution in [0.15, 0.2) is 29.8 Å². The Balaban J connectivity index is 1.68. The third kappa shape index (κ3) is 5.16. The van der Waals surface area contributed by atoms with E-state index >= 15 is 0 Å². The average Bonchev–Trinajstić information content (AvgIpc) is 3.23. The van der Waals surface area contributed by atoms with E-state index in [1.54, 1.807) is 26.8 Å². The molecular weight excluding hydrogens is 450 g/mol. The fraction of sp³-hybridized carbons (Fsp3) is 0.593. The summed E-state index contributed by atoms with van der Waals surface area (Å²) < 4.78 is 23.7. The Morgan fingerprint density at radius 1 is 1.11 bits per heavy atom. The highest BCUT2D eigenvalue weighted by Crippen LogP contribution is 2.50. The summed E-state index contributed by atoms with van der Waals surface area (Å²) in [6.07, 6.45) is 2.23. The van der Waals surface area contributed by atoms with Crippen LogP contribution in [-0.2, 0) is 34.3 Å². The molecule has 1 aromatic rings. The van der Waals surface area contributed by atoms with Crippen molar-refractivity contribution >= 4 is 23.8 Å². The first-order valence-electron chi connectivity index (χ1n) is 12.2. The lowest BCUT2D eigenvalue weighted by molar-refractivity contribution is -0.237. The number of ether oxygens (including phenoxy) is 4. The molecule has 2 aliphatic heterocycles. The van der Waals surface area contributed by atoms with E-state index < -0.39 is 35.5 Å². The topological polar surface area (TPSA) is 91.4 Å². The van der Waals surface area contributed by atoms with E-state index in [0.29, 0.717) is 24.9 Å². The van der Waals surface area contributed by atoms with Gasteiger partial charge in [0.2, 0.25) is 0 Å². The number of carbonyl (C=O) groups is 3. The summed E-state index contributed by atoms with van der Waals surface area (Å²) in [6, 6.07) is 6.55. The van der Waals surface area contributed by atoms with Gasteiger partial charge >= 0.3 is 18.0 Å². The molecule has 1 saturated heterocycles. The molecule has 1 amide bonds. The molecule has 1 unspecified atom stereocenters. The van der Waals surface area contributed by atoms with Crippen molar-refractivity contribution in [3.8, 4) is 0 Å². The predicted molar refractivity (Wildman–Crippen MR) is 128 cm³/mol. The highest BCUT2D eigenvalue weighted by atomic mass is 16.7. The maximum Gasteiger partial charge on any atom is 0.411 e. The zero-order valence-electron chi connectivity index (χ0n) is 21.4. The number of esters is 2. The van der Waals surface area contributed by atoms with Crippen LogP contribution in [0.3, 0.4) is 0 Å². The minimum atomic E-state index is -1.63. The Hall–Kier alpha value is -3.03. The summed E-state index contributed by atoms with van der Waals surface area (Å²) in [7, 11) is 0. The van der Waals surface area contributed by atoms with Gasteiger partial charge in [-0.3, -0.25) is 9.69 Å². The second kappa shape index (κ2) is 8.88. The van der Waals surface area contributed by atoms with Crippen LogP contribution in [0.2, 0.25) is 0 Å². The maximum atomic E-state index is 13.5. The zero-order valence-corrected chi connectivity index (χ0v) is 21.4. The standard InChI is InChI=1S/C27H35NO7/c1-17(29)32-27(34-23(30)21-12-9-15-28(21)24(31)35-25(2,3)4)16-18-13-14-26(5,6)33-22(18)19-10-7-8-11-20(19)27/h7-8,10-11,21H,9,12-16H2,1-6H3/t21-,27?/m0/s1. The minimum absolute atomic E-state index is 0.180. The second-order valence-electron chi connectivity index (χ2n) is 11.1. The first-order valence-corrected chi connectivity index (χ1v) is 12.2. The smallest absolute Gasteiger partial charge is 0.411 e. The number of rotatable bonds is 3. The van der Waals surface area contributed by atoms with E-state index in [4.69, 9.17) is 18.9 Å². The minimum Gasteiger partial charge on any atom is -0.487 e. The molecule has 0 N–H and O–H groups in total. The van der Waals surface area contributed by atoms with Crippen molar-refractivity contribution in [3.05, 3.63) is 41.0 Å². The van der Waals surface area contributed by atoms with Crippen LogP contribution < -0.4 is 0 Å². The van der Waals surface area contributed by atoms with Crippen molar-refractivity contribution in [2.24, 2.45) is 0 Å². The quantitative estimate of drug-likeness (QED) is 0.437. The van der Waals surface area contributed by atoms with Crippen LogP contribution in [0.5, 0.6) is 0 Å². The van der Waals surface area contributed by atoms with Crippen LogP contribution >= 0.6 is 0 Å². The van der Waals surface area contributed by atoms with Crippen molar-refractivity contribution in [2.75, 3.05) is 6.54 Å². The molecule has 1 fully saturated rings. The fourth-order valence-corrected chi connectivity index (χ4v) is 4.98. The van der Waals surface area contributed by atoms with Crippen LogP contribution in [-0.4, -0.2) is 46.7 Å². The molecule has 0 bridgehead atoms. The Morgan fingerprint density at radius 2 is 1.83 bits per heavy atom. The summed E-state index contributed by atoms with van der Waals surface area (Å²) in [5.41, 5.74) is 1.22. The van der Waals surface area contributed by atoms with Crippen molar-refractivity contribution in [3.63, 3.8) is 0 Å². The summed E-state index contributed by atoms with van der Waals surface area (Å²) in [5.74, 6) is -2.06. The van der Waals surface area contributed by atoms with Gasteiger partial charge in [-0.15, -0.1) is 0 Å². The summed E-state index contributed by atoms with van der Waals surface area (Å²) in [5, 5.41) is 0. The van der Waals surface area contributed by atoms with Gasteiger partial charge in [0.15, 0.2) is 0 Å². The van der Waals surface area contributed by atoms with Crippen molar-refractivity contribution in [2.45, 2.75) is 96.7 Å². The Kier molecular flexibility index (Phi) is 6.36. The van der Waals surface area contributed by atoms with Crippen LogP contribution in [0.4, 0.5) is 4.79 Å². The number of hydrogen-bond acceptors (Lipinski definition) is 7. The van der Waals surface area contributed by atoms with Gasteiger partial charge in [0, 0.05) is 24.6 Å². The van der Waals surface area contributed by atoms with E-state index in [2.05, 4.69) is 0 Å². The van der Waals surface area contributed by atoms with Gasteiger partial charge in [-0.1, -0.05) is 24.3 Å². The largest absolute Gasteiger partial charge is 0.487 e. The molecule has 35 heavy (non-hydrogen) atoms. The summed E-state index contributed by atoms with van der Waals surface area (Å²) >= 11 is 0. The van der Waals surface area contributed by atoms with Crippen molar-refractivity contribution in [1.29, 1.82) is 0 Å². The molecule has 1 aromatic carbocycles. The van der Waals surface area contributed by atoms with Gasteiger partial charge in [-0.05, 0) is 65.9 Å². The number of hydrogen-bond donors (Lipinski definition) is 0. The van der Waals surface area contributed by atoms with E-state index in [0.717, 1.165) is 29.7 Å². The zero-order chi connectivity index (χ0) is 25.6. The molecule has 8 nitrogen and oxygen atoms in total. The Bertz CT molecular complexity index is 1070. The predicted octanol–water partition coefficient (Wildman–Crippen LogP) is 5.05. The molecule has 1 aliphatic carbocycles.